The molecule has 0 aliphatic rings. The van der Waals surface area contributed by atoms with Crippen LogP contribution in [-0.4, -0.2) is 27.9 Å². The van der Waals surface area contributed by atoms with Crippen LogP contribution in [0.3, 0.4) is 0 Å². The summed E-state index contributed by atoms with van der Waals surface area (Å²) < 4.78 is 2.79. The molecule has 3 rings (SSSR count). The number of hydrogen-bond donors (Lipinski definition) is 3. The van der Waals surface area contributed by atoms with Gasteiger partial charge in [0.05, 0.1) is 16.8 Å². The van der Waals surface area contributed by atoms with Gasteiger partial charge in [0.15, 0.2) is 0 Å². The molecule has 1 aromatic heterocycles. The zero-order valence-corrected chi connectivity index (χ0v) is 18.5. The van der Waals surface area contributed by atoms with Crippen LogP contribution in [-0.2, 0) is 0 Å². The molecule has 0 saturated carbocycles. The maximum Gasteiger partial charge on any atom is 0.339 e. The Morgan fingerprint density at radius 3 is 2.60 bits per heavy atom. The van der Waals surface area contributed by atoms with Crippen LogP contribution in [0.2, 0.25) is 5.02 Å². The molecule has 0 bridgehead atoms. The SMILES string of the molecule is Cc1cc(/C=N/NC(=O)Nc2cccc(Br)c2)c(C)n1-c1ccc(C(=O)O)c(Cl)c1. The molecule has 9 heteroatoms. The number of carboxylic acids is 1. The number of hydrogen-bond acceptors (Lipinski definition) is 3. The Balaban J connectivity index is 1.74. The van der Waals surface area contributed by atoms with E-state index >= 15 is 0 Å². The summed E-state index contributed by atoms with van der Waals surface area (Å²) in [5, 5.41) is 16.0. The maximum absolute atomic E-state index is 12.0. The summed E-state index contributed by atoms with van der Waals surface area (Å²) in [6, 6.07) is 13.4. The summed E-state index contributed by atoms with van der Waals surface area (Å²) in [6.07, 6.45) is 1.55. The second kappa shape index (κ2) is 9.15. The van der Waals surface area contributed by atoms with Crippen molar-refractivity contribution in [3.05, 3.63) is 80.5 Å². The predicted molar refractivity (Wildman–Crippen MR) is 121 cm³/mol. The van der Waals surface area contributed by atoms with Crippen molar-refractivity contribution < 1.29 is 14.7 Å². The molecule has 2 amide bonds. The molecule has 3 aromatic rings. The summed E-state index contributed by atoms with van der Waals surface area (Å²) in [5.74, 6) is -1.08. The van der Waals surface area contributed by atoms with Crippen molar-refractivity contribution >= 4 is 51.4 Å². The highest BCUT2D eigenvalue weighted by Gasteiger charge is 2.13. The minimum atomic E-state index is -1.08. The Morgan fingerprint density at radius 1 is 1.17 bits per heavy atom. The van der Waals surface area contributed by atoms with E-state index in [1.165, 1.54) is 6.07 Å². The molecule has 0 aliphatic heterocycles. The number of anilines is 1. The van der Waals surface area contributed by atoms with Crippen LogP contribution in [0.5, 0.6) is 0 Å². The van der Waals surface area contributed by atoms with E-state index in [2.05, 4.69) is 31.8 Å². The fraction of sp³-hybridized carbons (Fsp3) is 0.0952. The number of hydrazone groups is 1. The third-order valence-corrected chi connectivity index (χ3v) is 5.17. The van der Waals surface area contributed by atoms with Crippen molar-refractivity contribution in [3.8, 4) is 5.69 Å². The first-order valence-corrected chi connectivity index (χ1v) is 10.0. The summed E-state index contributed by atoms with van der Waals surface area (Å²) in [6.45, 7) is 3.81. The van der Waals surface area contributed by atoms with Gasteiger partial charge in [-0.1, -0.05) is 33.6 Å². The van der Waals surface area contributed by atoms with Crippen molar-refractivity contribution in [2.75, 3.05) is 5.32 Å². The molecule has 2 aromatic carbocycles. The number of carboxylic acid groups (broad SMARTS) is 1. The first-order valence-electron chi connectivity index (χ1n) is 8.84. The van der Waals surface area contributed by atoms with Gasteiger partial charge in [0.1, 0.15) is 0 Å². The van der Waals surface area contributed by atoms with Gasteiger partial charge in [-0.15, -0.1) is 0 Å². The van der Waals surface area contributed by atoms with E-state index in [9.17, 15) is 9.59 Å². The van der Waals surface area contributed by atoms with Gasteiger partial charge < -0.3 is 15.0 Å². The van der Waals surface area contributed by atoms with E-state index in [0.29, 0.717) is 5.69 Å². The lowest BCUT2D eigenvalue weighted by Gasteiger charge is -2.11. The van der Waals surface area contributed by atoms with Crippen molar-refractivity contribution in [2.24, 2.45) is 5.10 Å². The first kappa shape index (κ1) is 21.6. The highest BCUT2D eigenvalue weighted by atomic mass is 79.9. The van der Waals surface area contributed by atoms with Gasteiger partial charge in [-0.3, -0.25) is 0 Å². The van der Waals surface area contributed by atoms with Crippen LogP contribution in [0, 0.1) is 13.8 Å². The second-order valence-corrected chi connectivity index (χ2v) is 7.79. The van der Waals surface area contributed by atoms with E-state index < -0.39 is 12.0 Å². The largest absolute Gasteiger partial charge is 0.478 e. The van der Waals surface area contributed by atoms with E-state index in [0.717, 1.165) is 27.1 Å². The van der Waals surface area contributed by atoms with Crippen LogP contribution in [0.25, 0.3) is 5.69 Å². The third-order valence-electron chi connectivity index (χ3n) is 4.36. The van der Waals surface area contributed by atoms with Crippen molar-refractivity contribution in [3.63, 3.8) is 0 Å². The Morgan fingerprint density at radius 2 is 1.93 bits per heavy atom. The molecule has 154 valence electrons. The third kappa shape index (κ3) is 4.90. The van der Waals surface area contributed by atoms with E-state index in [1.807, 2.05) is 36.6 Å². The van der Waals surface area contributed by atoms with Crippen molar-refractivity contribution in [1.82, 2.24) is 9.99 Å². The first-order chi connectivity index (χ1) is 14.3. The average molecular weight is 490 g/mol. The number of aryl methyl sites for hydroxylation is 1. The molecule has 0 saturated heterocycles. The molecule has 0 aliphatic carbocycles. The number of carbonyl (C=O) groups excluding carboxylic acids is 1. The number of nitrogens with zero attached hydrogens (tertiary/aromatic N) is 2. The fourth-order valence-electron chi connectivity index (χ4n) is 3.02. The molecule has 7 nitrogen and oxygen atoms in total. The lowest BCUT2D eigenvalue weighted by molar-refractivity contribution is 0.0697. The maximum atomic E-state index is 12.0. The van der Waals surface area contributed by atoms with Gasteiger partial charge in [0.25, 0.3) is 0 Å². The van der Waals surface area contributed by atoms with Gasteiger partial charge in [0.2, 0.25) is 0 Å². The summed E-state index contributed by atoms with van der Waals surface area (Å²) in [4.78, 5) is 23.2. The highest BCUT2D eigenvalue weighted by Crippen LogP contribution is 2.25. The number of nitrogens with one attached hydrogen (secondary N) is 2. The van der Waals surface area contributed by atoms with E-state index in [-0.39, 0.29) is 10.6 Å². The molecular weight excluding hydrogens is 472 g/mol. The van der Waals surface area contributed by atoms with E-state index in [1.54, 1.807) is 30.5 Å². The topological polar surface area (TPSA) is 95.7 Å². The Labute approximate surface area is 186 Å². The number of urea groups is 1. The lowest BCUT2D eigenvalue weighted by Crippen LogP contribution is -2.24. The molecule has 30 heavy (non-hydrogen) atoms. The minimum Gasteiger partial charge on any atom is -0.478 e. The van der Waals surface area contributed by atoms with Gasteiger partial charge >= 0.3 is 12.0 Å². The number of benzene rings is 2. The Kier molecular flexibility index (Phi) is 6.59. The van der Waals surface area contributed by atoms with Crippen molar-refractivity contribution in [2.45, 2.75) is 13.8 Å². The van der Waals surface area contributed by atoms with Gasteiger partial charge in [0, 0.05) is 32.8 Å². The van der Waals surface area contributed by atoms with Crippen LogP contribution >= 0.6 is 27.5 Å². The Bertz CT molecular complexity index is 1160. The fourth-order valence-corrected chi connectivity index (χ4v) is 3.67. The zero-order valence-electron chi connectivity index (χ0n) is 16.1. The van der Waals surface area contributed by atoms with Gasteiger partial charge in [-0.2, -0.15) is 5.10 Å². The van der Waals surface area contributed by atoms with Crippen LogP contribution in [0.1, 0.15) is 27.3 Å². The molecule has 0 atom stereocenters. The minimum absolute atomic E-state index is 0.0466. The summed E-state index contributed by atoms with van der Waals surface area (Å²) in [7, 11) is 0. The second-order valence-electron chi connectivity index (χ2n) is 6.47. The van der Waals surface area contributed by atoms with Gasteiger partial charge in [-0.05, 0) is 56.3 Å². The summed E-state index contributed by atoms with van der Waals surface area (Å²) >= 11 is 9.45. The van der Waals surface area contributed by atoms with Crippen LogP contribution in [0.4, 0.5) is 10.5 Å². The molecular formula is C21H18BrClN4O3. The summed E-state index contributed by atoms with van der Waals surface area (Å²) in [5.41, 5.74) is 6.43. The number of amides is 2. The normalized spacial score (nSPS) is 10.9. The molecule has 0 unspecified atom stereocenters. The monoisotopic (exact) mass is 488 g/mol. The predicted octanol–water partition coefficient (Wildman–Crippen LogP) is 5.36. The molecule has 0 fully saturated rings. The molecule has 0 spiro atoms. The van der Waals surface area contributed by atoms with Crippen molar-refractivity contribution in [1.29, 1.82) is 0 Å². The molecule has 0 radical (unpaired) electrons. The standard InChI is InChI=1S/C21H18BrClN4O3/c1-12-8-14(11-24-26-21(30)25-16-5-3-4-15(22)9-16)13(2)27(12)17-6-7-18(20(28)29)19(23)10-17/h3-11H,1-2H3,(H,28,29)(H2,25,26,30)/b24-11+. The zero-order chi connectivity index (χ0) is 21.8. The van der Waals surface area contributed by atoms with Gasteiger partial charge in [-0.25, -0.2) is 15.0 Å². The number of rotatable bonds is 5. The number of halogens is 2. The van der Waals surface area contributed by atoms with Crippen LogP contribution in [0.15, 0.2) is 58.1 Å². The number of aromatic carboxylic acids is 1. The van der Waals surface area contributed by atoms with E-state index in [4.69, 9.17) is 16.7 Å². The average Bonchev–Trinajstić information content (AvgIpc) is 2.94. The molecule has 1 heterocycles. The highest BCUT2D eigenvalue weighted by molar-refractivity contribution is 9.10. The Hall–Kier alpha value is -3.10. The quantitative estimate of drug-likeness (QED) is 0.332. The smallest absolute Gasteiger partial charge is 0.339 e. The van der Waals surface area contributed by atoms with Crippen LogP contribution < -0.4 is 10.7 Å². The number of carbonyl (C=O) groups is 2. The number of aromatic nitrogens is 1. The molecule has 3 N–H and O–H groups in total. The lowest BCUT2D eigenvalue weighted by atomic mass is 10.2.